The molecule has 0 radical (unpaired) electrons. The maximum absolute atomic E-state index is 11.6. The van der Waals surface area contributed by atoms with Gasteiger partial charge in [-0.05, 0) is 42.4 Å². The third kappa shape index (κ3) is 2.56. The van der Waals surface area contributed by atoms with E-state index in [9.17, 15) is 8.42 Å². The molecule has 5 heteroatoms. The van der Waals surface area contributed by atoms with E-state index < -0.39 is 9.84 Å². The van der Waals surface area contributed by atoms with E-state index in [0.29, 0.717) is 12.2 Å². The quantitative estimate of drug-likeness (QED) is 0.898. The second-order valence-corrected chi connectivity index (χ2v) is 8.33. The van der Waals surface area contributed by atoms with Crippen LogP contribution in [0.25, 0.3) is 0 Å². The van der Waals surface area contributed by atoms with E-state index >= 15 is 0 Å². The van der Waals surface area contributed by atoms with Gasteiger partial charge in [0, 0.05) is 25.3 Å². The number of nitrogens with two attached hydrogens (primary N) is 1. The van der Waals surface area contributed by atoms with Crippen LogP contribution < -0.4 is 10.6 Å². The summed E-state index contributed by atoms with van der Waals surface area (Å²) in [5, 5.41) is 0. The summed E-state index contributed by atoms with van der Waals surface area (Å²) in [7, 11) is -0.751. The van der Waals surface area contributed by atoms with Gasteiger partial charge in [-0.3, -0.25) is 0 Å². The van der Waals surface area contributed by atoms with E-state index in [2.05, 4.69) is 30.1 Å². The molecule has 1 aromatic carbocycles. The van der Waals surface area contributed by atoms with Crippen molar-refractivity contribution in [2.24, 2.45) is 11.7 Å². The molecule has 0 saturated carbocycles. The molecule has 2 aliphatic heterocycles. The fourth-order valence-corrected chi connectivity index (χ4v) is 5.25. The zero-order valence-corrected chi connectivity index (χ0v) is 12.7. The summed E-state index contributed by atoms with van der Waals surface area (Å²) in [5.41, 5.74) is 10.0. The van der Waals surface area contributed by atoms with Crippen molar-refractivity contribution >= 4 is 15.5 Å². The van der Waals surface area contributed by atoms with E-state index in [4.69, 9.17) is 5.73 Å². The maximum atomic E-state index is 11.6. The Morgan fingerprint density at radius 3 is 2.90 bits per heavy atom. The summed E-state index contributed by atoms with van der Waals surface area (Å²) in [6, 6.07) is 6.22. The molecule has 110 valence electrons. The second-order valence-electron chi connectivity index (χ2n) is 6.10. The van der Waals surface area contributed by atoms with Crippen LogP contribution in [0.15, 0.2) is 18.2 Å². The number of nitrogens with zero attached hydrogens (tertiary/aromatic N) is 1. The van der Waals surface area contributed by atoms with Gasteiger partial charge in [0.1, 0.15) is 0 Å². The average molecular weight is 294 g/mol. The van der Waals surface area contributed by atoms with Gasteiger partial charge in [0.05, 0.1) is 11.5 Å². The fourth-order valence-electron chi connectivity index (χ4n) is 3.39. The Hall–Kier alpha value is -1.07. The monoisotopic (exact) mass is 294 g/mol. The molecule has 20 heavy (non-hydrogen) atoms. The van der Waals surface area contributed by atoms with E-state index in [1.807, 2.05) is 0 Å². The Morgan fingerprint density at radius 2 is 2.20 bits per heavy atom. The number of sulfone groups is 1. The molecule has 2 N–H and O–H groups in total. The Kier molecular flexibility index (Phi) is 3.50. The molecule has 2 aliphatic rings. The summed E-state index contributed by atoms with van der Waals surface area (Å²) in [5.74, 6) is 0.601. The molecule has 0 bridgehead atoms. The van der Waals surface area contributed by atoms with Gasteiger partial charge in [0.2, 0.25) is 0 Å². The minimum atomic E-state index is -2.86. The zero-order chi connectivity index (χ0) is 14.3. The Bertz CT molecular complexity index is 612. The number of aryl methyl sites for hydroxylation is 1. The van der Waals surface area contributed by atoms with Gasteiger partial charge in [0.25, 0.3) is 0 Å². The number of benzene rings is 1. The van der Waals surface area contributed by atoms with Gasteiger partial charge in [-0.15, -0.1) is 0 Å². The first-order valence-electron chi connectivity index (χ1n) is 7.26. The summed E-state index contributed by atoms with van der Waals surface area (Å²) in [6.07, 6.45) is 2.95. The van der Waals surface area contributed by atoms with Crippen molar-refractivity contribution in [3.63, 3.8) is 0 Å². The Balaban J connectivity index is 1.84. The van der Waals surface area contributed by atoms with Crippen molar-refractivity contribution in [3.8, 4) is 0 Å². The molecule has 0 spiro atoms. The van der Waals surface area contributed by atoms with Crippen molar-refractivity contribution in [2.75, 3.05) is 30.0 Å². The topological polar surface area (TPSA) is 63.4 Å². The highest BCUT2D eigenvalue weighted by molar-refractivity contribution is 7.91. The van der Waals surface area contributed by atoms with Gasteiger partial charge in [0.15, 0.2) is 9.84 Å². The normalized spacial score (nSPS) is 26.3. The van der Waals surface area contributed by atoms with Crippen LogP contribution in [0.4, 0.5) is 5.69 Å². The lowest BCUT2D eigenvalue weighted by Gasteiger charge is -2.29. The minimum Gasteiger partial charge on any atom is -0.374 e. The smallest absolute Gasteiger partial charge is 0.150 e. The molecule has 2 unspecified atom stereocenters. The van der Waals surface area contributed by atoms with Crippen molar-refractivity contribution in [2.45, 2.75) is 25.3 Å². The second kappa shape index (κ2) is 5.04. The van der Waals surface area contributed by atoms with Crippen LogP contribution in [-0.2, 0) is 16.3 Å². The summed E-state index contributed by atoms with van der Waals surface area (Å²) in [6.45, 7) is 1.10. The van der Waals surface area contributed by atoms with E-state index in [1.54, 1.807) is 0 Å². The van der Waals surface area contributed by atoms with Crippen molar-refractivity contribution < 1.29 is 8.42 Å². The van der Waals surface area contributed by atoms with Crippen LogP contribution in [0.3, 0.4) is 0 Å². The fraction of sp³-hybridized carbons (Fsp3) is 0.600. The lowest BCUT2D eigenvalue weighted by molar-refractivity contribution is 0.479. The van der Waals surface area contributed by atoms with Crippen LogP contribution >= 0.6 is 0 Å². The largest absolute Gasteiger partial charge is 0.374 e. The number of fused-ring (bicyclic) bond motifs is 1. The number of anilines is 1. The van der Waals surface area contributed by atoms with Crippen LogP contribution in [0, 0.1) is 5.92 Å². The molecule has 2 atom stereocenters. The van der Waals surface area contributed by atoms with Gasteiger partial charge in [-0.1, -0.05) is 12.1 Å². The highest BCUT2D eigenvalue weighted by Crippen LogP contribution is 2.33. The molecule has 3 rings (SSSR count). The Morgan fingerprint density at radius 1 is 1.40 bits per heavy atom. The molecule has 1 fully saturated rings. The van der Waals surface area contributed by atoms with E-state index in [-0.39, 0.29) is 17.7 Å². The zero-order valence-electron chi connectivity index (χ0n) is 11.9. The third-order valence-corrected chi connectivity index (χ3v) is 6.41. The first kappa shape index (κ1) is 13.9. The molecule has 0 aromatic heterocycles. The first-order chi connectivity index (χ1) is 9.46. The SMILES string of the molecule is CN1CCCc2cc(C(N)C3CCS(=O)(=O)C3)ccc21. The van der Waals surface area contributed by atoms with Gasteiger partial charge in [-0.2, -0.15) is 0 Å². The summed E-state index contributed by atoms with van der Waals surface area (Å²) in [4.78, 5) is 2.27. The van der Waals surface area contributed by atoms with Crippen LogP contribution in [0.5, 0.6) is 0 Å². The predicted molar refractivity (Wildman–Crippen MR) is 81.7 cm³/mol. The number of hydrogen-bond acceptors (Lipinski definition) is 4. The highest BCUT2D eigenvalue weighted by Gasteiger charge is 2.33. The number of hydrogen-bond donors (Lipinski definition) is 1. The van der Waals surface area contributed by atoms with Gasteiger partial charge in [-0.25, -0.2) is 8.42 Å². The van der Waals surface area contributed by atoms with Crippen LogP contribution in [0.1, 0.15) is 30.0 Å². The average Bonchev–Trinajstić information content (AvgIpc) is 2.78. The molecular formula is C15H22N2O2S. The highest BCUT2D eigenvalue weighted by atomic mass is 32.2. The molecule has 0 aliphatic carbocycles. The molecule has 4 nitrogen and oxygen atoms in total. The molecular weight excluding hydrogens is 272 g/mol. The molecule has 1 saturated heterocycles. The minimum absolute atomic E-state index is 0.0689. The molecule has 0 amide bonds. The van der Waals surface area contributed by atoms with Crippen molar-refractivity contribution in [1.29, 1.82) is 0 Å². The lowest BCUT2D eigenvalue weighted by atomic mass is 9.90. The summed E-state index contributed by atoms with van der Waals surface area (Å²) < 4.78 is 23.2. The van der Waals surface area contributed by atoms with E-state index in [1.165, 1.54) is 17.7 Å². The molecule has 2 heterocycles. The van der Waals surface area contributed by atoms with Crippen molar-refractivity contribution in [3.05, 3.63) is 29.3 Å². The predicted octanol–water partition coefficient (Wildman–Crippen LogP) is 1.50. The van der Waals surface area contributed by atoms with Crippen LogP contribution in [-0.4, -0.2) is 33.5 Å². The standard InChI is InChI=1S/C15H22N2O2S/c1-17-7-2-3-11-9-12(4-5-14(11)17)15(16)13-6-8-20(18,19)10-13/h4-5,9,13,15H,2-3,6-8,10,16H2,1H3. The van der Waals surface area contributed by atoms with E-state index in [0.717, 1.165) is 18.5 Å². The van der Waals surface area contributed by atoms with Gasteiger partial charge >= 0.3 is 0 Å². The molecule has 1 aromatic rings. The maximum Gasteiger partial charge on any atom is 0.150 e. The summed E-state index contributed by atoms with van der Waals surface area (Å²) >= 11 is 0. The van der Waals surface area contributed by atoms with Crippen molar-refractivity contribution in [1.82, 2.24) is 0 Å². The van der Waals surface area contributed by atoms with Gasteiger partial charge < -0.3 is 10.6 Å². The first-order valence-corrected chi connectivity index (χ1v) is 9.08. The number of rotatable bonds is 2. The third-order valence-electron chi connectivity index (χ3n) is 4.61. The lowest BCUT2D eigenvalue weighted by Crippen LogP contribution is -2.26. The van der Waals surface area contributed by atoms with Crippen LogP contribution in [0.2, 0.25) is 0 Å². The Labute approximate surface area is 120 Å².